The van der Waals surface area contributed by atoms with Crippen molar-refractivity contribution in [3.63, 3.8) is 0 Å². The minimum absolute atomic E-state index is 0.00823. The number of hydrogen-bond acceptors (Lipinski definition) is 8. The molecule has 12 heteroatoms. The Morgan fingerprint density at radius 1 is 1.11 bits per heavy atom. The number of aliphatic hydroxyl groups is 1. The van der Waals surface area contributed by atoms with Gasteiger partial charge in [-0.2, -0.15) is 15.1 Å². The molecule has 3 aliphatic rings. The Hall–Kier alpha value is -4.03. The van der Waals surface area contributed by atoms with E-state index in [1.807, 2.05) is 17.9 Å². The molecule has 240 valence electrons. The Bertz CT molecular complexity index is 2000. The summed E-state index contributed by atoms with van der Waals surface area (Å²) in [5, 5.41) is 20.4. The second-order valence-corrected chi connectivity index (χ2v) is 13.5. The highest BCUT2D eigenvalue weighted by Gasteiger charge is 2.49. The van der Waals surface area contributed by atoms with Crippen LogP contribution in [0.2, 0.25) is 0 Å². The number of pyridine rings is 1. The topological polar surface area (TPSA) is 103 Å². The highest BCUT2D eigenvalue weighted by atomic mass is 19.1. The average molecular weight is 632 g/mol. The van der Waals surface area contributed by atoms with Crippen LogP contribution >= 0.6 is 0 Å². The first kappa shape index (κ1) is 29.4. The van der Waals surface area contributed by atoms with E-state index in [9.17, 15) is 9.50 Å². The van der Waals surface area contributed by atoms with E-state index in [1.54, 1.807) is 25.4 Å². The van der Waals surface area contributed by atoms with E-state index in [4.69, 9.17) is 9.72 Å². The number of H-pyrrole nitrogens is 1. The SMILES string of the molecule is CCc1c(F)ccc2cc3[nH]ncc3c(-c3ncc4c(N5CCC[C@@](C)(O)C5)nc(OC[C@@]56CCCN5C[C@H](F)C6)nc4c3F)c12. The van der Waals surface area contributed by atoms with Crippen molar-refractivity contribution < 1.29 is 23.0 Å². The molecular formula is C34H36F3N7O2. The molecule has 3 aromatic heterocycles. The smallest absolute Gasteiger partial charge is 0.319 e. The number of ether oxygens (including phenoxy) is 1. The number of fused-ring (bicyclic) bond motifs is 4. The molecule has 0 spiro atoms. The van der Waals surface area contributed by atoms with Gasteiger partial charge >= 0.3 is 6.01 Å². The first-order valence-corrected chi connectivity index (χ1v) is 16.1. The van der Waals surface area contributed by atoms with Crippen LogP contribution in [0.3, 0.4) is 0 Å². The summed E-state index contributed by atoms with van der Waals surface area (Å²) in [5.74, 6) is -0.651. The molecule has 9 nitrogen and oxygen atoms in total. The number of rotatable bonds is 6. The van der Waals surface area contributed by atoms with E-state index < -0.39 is 23.1 Å². The molecule has 3 saturated heterocycles. The van der Waals surface area contributed by atoms with Crippen molar-refractivity contribution in [2.75, 3.05) is 37.7 Å². The third kappa shape index (κ3) is 4.67. The van der Waals surface area contributed by atoms with Crippen LogP contribution < -0.4 is 9.64 Å². The number of aryl methyl sites for hydroxylation is 1. The normalized spacial score (nSPS) is 25.3. The van der Waals surface area contributed by atoms with Crippen molar-refractivity contribution in [1.29, 1.82) is 0 Å². The monoisotopic (exact) mass is 631 g/mol. The molecule has 0 unspecified atom stereocenters. The number of piperidine rings is 1. The number of alkyl halides is 1. The summed E-state index contributed by atoms with van der Waals surface area (Å²) in [7, 11) is 0. The van der Waals surface area contributed by atoms with Gasteiger partial charge in [0, 0.05) is 43.2 Å². The third-order valence-electron chi connectivity index (χ3n) is 10.2. The molecule has 2 aromatic carbocycles. The quantitative estimate of drug-likeness (QED) is 0.240. The number of nitrogens with zero attached hydrogens (tertiary/aromatic N) is 6. The van der Waals surface area contributed by atoms with E-state index >= 15 is 8.78 Å². The van der Waals surface area contributed by atoms with Gasteiger partial charge in [0.2, 0.25) is 0 Å². The molecule has 0 bridgehead atoms. The lowest BCUT2D eigenvalue weighted by atomic mass is 9.92. The van der Waals surface area contributed by atoms with Gasteiger partial charge in [-0.05, 0) is 74.0 Å². The number of β-amino-alcohol motifs (C(OH)–C–C–N with tert-alkyl or cyclic N) is 1. The maximum Gasteiger partial charge on any atom is 0.319 e. The molecule has 8 rings (SSSR count). The number of halogens is 3. The number of nitrogens with one attached hydrogen (secondary N) is 1. The van der Waals surface area contributed by atoms with Crippen molar-refractivity contribution in [1.82, 2.24) is 30.0 Å². The van der Waals surface area contributed by atoms with E-state index in [0.717, 1.165) is 31.2 Å². The number of hydrogen-bond donors (Lipinski definition) is 2. The molecule has 6 heterocycles. The van der Waals surface area contributed by atoms with Gasteiger partial charge in [-0.25, -0.2) is 13.2 Å². The van der Waals surface area contributed by atoms with Crippen LogP contribution in [0.25, 0.3) is 43.8 Å². The summed E-state index contributed by atoms with van der Waals surface area (Å²) in [6, 6.07) is 4.97. The number of aromatic amines is 1. The molecule has 5 aromatic rings. The molecule has 3 aliphatic heterocycles. The second-order valence-electron chi connectivity index (χ2n) is 13.5. The summed E-state index contributed by atoms with van der Waals surface area (Å²) < 4.78 is 53.0. The highest BCUT2D eigenvalue weighted by molar-refractivity contribution is 6.13. The molecule has 0 amide bonds. The minimum Gasteiger partial charge on any atom is -0.461 e. The van der Waals surface area contributed by atoms with Gasteiger partial charge in [0.05, 0.1) is 28.2 Å². The average Bonchev–Trinajstić information content (AvgIpc) is 3.73. The summed E-state index contributed by atoms with van der Waals surface area (Å²) >= 11 is 0. The Morgan fingerprint density at radius 3 is 2.78 bits per heavy atom. The van der Waals surface area contributed by atoms with Gasteiger partial charge in [0.1, 0.15) is 35.6 Å². The van der Waals surface area contributed by atoms with Crippen molar-refractivity contribution in [2.24, 2.45) is 0 Å². The fourth-order valence-electron chi connectivity index (χ4n) is 8.09. The fraction of sp³-hybridized carbons (Fsp3) is 0.471. The van der Waals surface area contributed by atoms with Crippen molar-refractivity contribution in [3.8, 4) is 17.3 Å². The van der Waals surface area contributed by atoms with Crippen molar-refractivity contribution in [2.45, 2.75) is 69.7 Å². The molecule has 0 aliphatic carbocycles. The zero-order valence-corrected chi connectivity index (χ0v) is 25.9. The molecular weight excluding hydrogens is 595 g/mol. The maximum atomic E-state index is 17.1. The largest absolute Gasteiger partial charge is 0.461 e. The second kappa shape index (κ2) is 10.8. The molecule has 0 saturated carbocycles. The predicted octanol–water partition coefficient (Wildman–Crippen LogP) is 5.87. The van der Waals surface area contributed by atoms with Crippen LogP contribution in [0.4, 0.5) is 19.0 Å². The molecule has 0 radical (unpaired) electrons. The van der Waals surface area contributed by atoms with E-state index in [1.165, 1.54) is 6.07 Å². The Balaban J connectivity index is 1.32. The van der Waals surface area contributed by atoms with Crippen LogP contribution in [0, 0.1) is 11.6 Å². The summed E-state index contributed by atoms with van der Waals surface area (Å²) in [4.78, 5) is 18.1. The predicted molar refractivity (Wildman–Crippen MR) is 170 cm³/mol. The minimum atomic E-state index is -0.956. The lowest BCUT2D eigenvalue weighted by molar-refractivity contribution is 0.0447. The highest BCUT2D eigenvalue weighted by Crippen LogP contribution is 2.43. The molecule has 2 N–H and O–H groups in total. The van der Waals surface area contributed by atoms with Gasteiger partial charge < -0.3 is 14.7 Å². The van der Waals surface area contributed by atoms with E-state index in [0.29, 0.717) is 77.5 Å². The molecule has 3 atom stereocenters. The summed E-state index contributed by atoms with van der Waals surface area (Å²) in [6.07, 6.45) is 6.12. The van der Waals surface area contributed by atoms with Crippen LogP contribution in [0.15, 0.2) is 30.6 Å². The van der Waals surface area contributed by atoms with Gasteiger partial charge in [0.25, 0.3) is 0 Å². The van der Waals surface area contributed by atoms with Gasteiger partial charge in [-0.1, -0.05) is 13.0 Å². The van der Waals surface area contributed by atoms with Crippen molar-refractivity contribution in [3.05, 3.63) is 47.8 Å². The third-order valence-corrected chi connectivity index (χ3v) is 10.2. The Kier molecular flexibility index (Phi) is 6.88. The van der Waals surface area contributed by atoms with Crippen molar-refractivity contribution >= 4 is 38.4 Å². The zero-order valence-electron chi connectivity index (χ0n) is 25.9. The molecule has 3 fully saturated rings. The maximum absolute atomic E-state index is 17.1. The van der Waals surface area contributed by atoms with E-state index in [2.05, 4.69) is 25.1 Å². The number of aromatic nitrogens is 5. The standard InChI is InChI=1S/C34H36F3N7O2/c1-3-21-24(36)7-6-19-12-25-22(15-39-42-25)27(26(19)21)30-28(37)29-23(14-38-30)31(43-10-4-8-33(2,45)17-43)41-32(40-29)46-18-34-9-5-11-44(34)16-20(35)13-34/h6-7,12,14-15,20,45H,3-5,8-11,13,16-18H2,1-2H3,(H,39,42)/t20-,33-,34+/m1/s1. The van der Waals surface area contributed by atoms with Crippen LogP contribution in [-0.2, 0) is 6.42 Å². The first-order chi connectivity index (χ1) is 22.2. The van der Waals surface area contributed by atoms with Crippen LogP contribution in [-0.4, -0.2) is 85.3 Å². The lowest BCUT2D eigenvalue weighted by Crippen LogP contribution is -2.46. The summed E-state index contributed by atoms with van der Waals surface area (Å²) in [6.45, 7) is 5.92. The lowest BCUT2D eigenvalue weighted by Gasteiger charge is -2.38. The molecule has 46 heavy (non-hydrogen) atoms. The number of anilines is 1. The zero-order chi connectivity index (χ0) is 31.8. The van der Waals surface area contributed by atoms with Gasteiger partial charge in [-0.15, -0.1) is 0 Å². The van der Waals surface area contributed by atoms with Crippen LogP contribution in [0.5, 0.6) is 6.01 Å². The van der Waals surface area contributed by atoms with E-state index in [-0.39, 0.29) is 29.6 Å². The fourth-order valence-corrected chi connectivity index (χ4v) is 8.09. The Morgan fingerprint density at radius 2 is 1.96 bits per heavy atom. The summed E-state index contributed by atoms with van der Waals surface area (Å²) in [5.41, 5.74) is 0.192. The Labute approximate surface area is 263 Å². The first-order valence-electron chi connectivity index (χ1n) is 16.1. The van der Waals surface area contributed by atoms with Crippen LogP contribution in [0.1, 0.15) is 51.5 Å². The number of benzene rings is 2. The van der Waals surface area contributed by atoms with Gasteiger partial charge in [0.15, 0.2) is 5.82 Å². The van der Waals surface area contributed by atoms with Gasteiger partial charge in [-0.3, -0.25) is 15.0 Å².